The largest absolute Gasteiger partial charge is 0.491 e. The molecule has 1 N–H and O–H groups in total. The molecule has 6 nitrogen and oxygen atoms in total. The molecule has 1 heterocycles. The summed E-state index contributed by atoms with van der Waals surface area (Å²) in [6.07, 6.45) is 3.00. The lowest BCUT2D eigenvalue weighted by Crippen LogP contribution is -2.31. The lowest BCUT2D eigenvalue weighted by Gasteiger charge is -2.30. The monoisotopic (exact) mass is 316 g/mol. The molecule has 0 fully saturated rings. The molecule has 1 aromatic rings. The summed E-state index contributed by atoms with van der Waals surface area (Å²) in [5.74, 6) is 0.205. The smallest absolute Gasteiger partial charge is 0.335 e. The molecule has 0 spiro atoms. The molecule has 0 saturated carbocycles. The molecule has 0 aromatic heterocycles. The lowest BCUT2D eigenvalue weighted by molar-refractivity contribution is -0.128. The quantitative estimate of drug-likeness (QED) is 0.511. The SMILES string of the molecule is C=CC(=O)NC1CCOc2c1ccc(OC(=O)C=C)c2N(C)C. The van der Waals surface area contributed by atoms with E-state index in [1.165, 1.54) is 6.08 Å². The first-order valence-corrected chi connectivity index (χ1v) is 7.22. The number of rotatable bonds is 5. The van der Waals surface area contributed by atoms with Crippen molar-refractivity contribution in [2.45, 2.75) is 12.5 Å². The number of carbonyl (C=O) groups excluding carboxylic acids is 2. The average molecular weight is 316 g/mol. The Morgan fingerprint density at radius 3 is 2.70 bits per heavy atom. The van der Waals surface area contributed by atoms with Crippen molar-refractivity contribution in [3.63, 3.8) is 0 Å². The van der Waals surface area contributed by atoms with Gasteiger partial charge in [-0.1, -0.05) is 13.2 Å². The Balaban J connectivity index is 2.46. The Hall–Kier alpha value is -2.76. The van der Waals surface area contributed by atoms with E-state index in [0.717, 1.165) is 11.6 Å². The standard InChI is InChI=1S/C17H20N2O4/c1-5-14(20)18-12-9-10-22-17-11(12)7-8-13(16(17)19(3)4)23-15(21)6-2/h5-8,12H,1-2,9-10H2,3-4H3,(H,18,20). The van der Waals surface area contributed by atoms with Crippen LogP contribution in [-0.4, -0.2) is 32.6 Å². The van der Waals surface area contributed by atoms with E-state index >= 15 is 0 Å². The average Bonchev–Trinajstić information content (AvgIpc) is 2.54. The summed E-state index contributed by atoms with van der Waals surface area (Å²) in [6.45, 7) is 7.32. The van der Waals surface area contributed by atoms with Crippen molar-refractivity contribution in [2.24, 2.45) is 0 Å². The van der Waals surface area contributed by atoms with Gasteiger partial charge in [0.1, 0.15) is 5.69 Å². The third-order valence-electron chi connectivity index (χ3n) is 3.48. The molecule has 2 rings (SSSR count). The van der Waals surface area contributed by atoms with Gasteiger partial charge in [0.05, 0.1) is 12.6 Å². The van der Waals surface area contributed by atoms with E-state index in [1.54, 1.807) is 12.1 Å². The zero-order valence-corrected chi connectivity index (χ0v) is 13.3. The third kappa shape index (κ3) is 3.53. The topological polar surface area (TPSA) is 67.9 Å². The summed E-state index contributed by atoms with van der Waals surface area (Å²) in [5.41, 5.74) is 1.49. The highest BCUT2D eigenvalue weighted by molar-refractivity contribution is 5.88. The van der Waals surface area contributed by atoms with Crippen molar-refractivity contribution in [3.05, 3.63) is 43.0 Å². The van der Waals surface area contributed by atoms with Crippen LogP contribution in [0.2, 0.25) is 0 Å². The Morgan fingerprint density at radius 1 is 1.35 bits per heavy atom. The minimum Gasteiger partial charge on any atom is -0.491 e. The third-order valence-corrected chi connectivity index (χ3v) is 3.48. The summed E-state index contributed by atoms with van der Waals surface area (Å²) < 4.78 is 11.1. The normalized spacial score (nSPS) is 15.7. The molecule has 0 saturated heterocycles. The molecule has 1 amide bonds. The van der Waals surface area contributed by atoms with E-state index < -0.39 is 5.97 Å². The van der Waals surface area contributed by atoms with Gasteiger partial charge in [-0.25, -0.2) is 4.79 Å². The Bertz CT molecular complexity index is 652. The summed E-state index contributed by atoms with van der Waals surface area (Å²) in [4.78, 5) is 24.9. The van der Waals surface area contributed by atoms with Crippen LogP contribution in [-0.2, 0) is 9.59 Å². The van der Waals surface area contributed by atoms with Gasteiger partial charge < -0.3 is 19.7 Å². The molecule has 6 heteroatoms. The number of nitrogens with one attached hydrogen (secondary N) is 1. The summed E-state index contributed by atoms with van der Waals surface area (Å²) in [6, 6.07) is 3.31. The minimum absolute atomic E-state index is 0.174. The summed E-state index contributed by atoms with van der Waals surface area (Å²) in [7, 11) is 3.66. The number of nitrogens with zero attached hydrogens (tertiary/aromatic N) is 1. The molecule has 0 radical (unpaired) electrons. The van der Waals surface area contributed by atoms with Gasteiger partial charge in [0.2, 0.25) is 5.91 Å². The van der Waals surface area contributed by atoms with Gasteiger partial charge in [-0.2, -0.15) is 0 Å². The fourth-order valence-corrected chi connectivity index (χ4v) is 2.47. The van der Waals surface area contributed by atoms with Gasteiger partial charge in [0.15, 0.2) is 11.5 Å². The van der Waals surface area contributed by atoms with Crippen molar-refractivity contribution >= 4 is 17.6 Å². The molecule has 1 aromatic carbocycles. The van der Waals surface area contributed by atoms with Gasteiger partial charge in [-0.15, -0.1) is 0 Å². The molecule has 1 aliphatic heterocycles. The van der Waals surface area contributed by atoms with E-state index in [2.05, 4.69) is 18.5 Å². The first-order chi connectivity index (χ1) is 11.0. The molecule has 0 bridgehead atoms. The number of ether oxygens (including phenoxy) is 2. The molecule has 1 atom stereocenters. The predicted octanol–water partition coefficient (Wildman–Crippen LogP) is 1.97. The van der Waals surface area contributed by atoms with E-state index in [-0.39, 0.29) is 11.9 Å². The summed E-state index contributed by atoms with van der Waals surface area (Å²) in [5, 5.41) is 2.88. The van der Waals surface area contributed by atoms with Crippen molar-refractivity contribution < 1.29 is 19.1 Å². The van der Waals surface area contributed by atoms with E-state index in [1.807, 2.05) is 19.0 Å². The van der Waals surface area contributed by atoms with Gasteiger partial charge in [-0.3, -0.25) is 4.79 Å². The van der Waals surface area contributed by atoms with Gasteiger partial charge >= 0.3 is 5.97 Å². The predicted molar refractivity (Wildman–Crippen MR) is 87.8 cm³/mol. The van der Waals surface area contributed by atoms with Crippen LogP contribution in [0.15, 0.2) is 37.4 Å². The minimum atomic E-state index is -0.541. The van der Waals surface area contributed by atoms with Gasteiger partial charge in [0, 0.05) is 32.2 Å². The molecular formula is C17H20N2O4. The molecule has 0 aliphatic carbocycles. The number of anilines is 1. The lowest BCUT2D eigenvalue weighted by atomic mass is 9.98. The van der Waals surface area contributed by atoms with E-state index in [0.29, 0.717) is 30.2 Å². The van der Waals surface area contributed by atoms with Crippen LogP contribution in [0, 0.1) is 0 Å². The number of hydrogen-bond donors (Lipinski definition) is 1. The number of carbonyl (C=O) groups is 2. The van der Waals surface area contributed by atoms with Crippen LogP contribution in [0.4, 0.5) is 5.69 Å². The molecule has 23 heavy (non-hydrogen) atoms. The molecule has 1 unspecified atom stereocenters. The maximum Gasteiger partial charge on any atom is 0.335 e. The first kappa shape index (κ1) is 16.6. The maximum absolute atomic E-state index is 11.6. The highest BCUT2D eigenvalue weighted by Crippen LogP contribution is 2.45. The van der Waals surface area contributed by atoms with Crippen LogP contribution in [0.3, 0.4) is 0 Å². The fourth-order valence-electron chi connectivity index (χ4n) is 2.47. The highest BCUT2D eigenvalue weighted by Gasteiger charge is 2.28. The van der Waals surface area contributed by atoms with Gasteiger partial charge in [0.25, 0.3) is 0 Å². The number of benzene rings is 1. The number of amides is 1. The van der Waals surface area contributed by atoms with Crippen LogP contribution < -0.4 is 19.7 Å². The Kier molecular flexibility index (Phi) is 5.05. The van der Waals surface area contributed by atoms with Crippen LogP contribution in [0.25, 0.3) is 0 Å². The highest BCUT2D eigenvalue weighted by atomic mass is 16.5. The van der Waals surface area contributed by atoms with E-state index in [9.17, 15) is 9.59 Å². The molecular weight excluding hydrogens is 296 g/mol. The first-order valence-electron chi connectivity index (χ1n) is 7.22. The second-order valence-corrected chi connectivity index (χ2v) is 5.25. The van der Waals surface area contributed by atoms with Crippen molar-refractivity contribution in [3.8, 4) is 11.5 Å². The van der Waals surface area contributed by atoms with E-state index in [4.69, 9.17) is 9.47 Å². The van der Waals surface area contributed by atoms with Gasteiger partial charge in [-0.05, 0) is 18.2 Å². The fraction of sp³-hybridized carbons (Fsp3) is 0.294. The molecule has 122 valence electrons. The Morgan fingerprint density at radius 2 is 2.09 bits per heavy atom. The van der Waals surface area contributed by atoms with Crippen LogP contribution >= 0.6 is 0 Å². The number of hydrogen-bond acceptors (Lipinski definition) is 5. The maximum atomic E-state index is 11.6. The van der Waals surface area contributed by atoms with Crippen LogP contribution in [0.1, 0.15) is 18.0 Å². The van der Waals surface area contributed by atoms with Crippen molar-refractivity contribution in [1.82, 2.24) is 5.32 Å². The van der Waals surface area contributed by atoms with Crippen molar-refractivity contribution in [1.29, 1.82) is 0 Å². The summed E-state index contributed by atoms with van der Waals surface area (Å²) >= 11 is 0. The number of fused-ring (bicyclic) bond motifs is 1. The zero-order valence-electron chi connectivity index (χ0n) is 13.3. The molecule has 1 aliphatic rings. The van der Waals surface area contributed by atoms with Crippen LogP contribution in [0.5, 0.6) is 11.5 Å². The van der Waals surface area contributed by atoms with Crippen molar-refractivity contribution in [2.75, 3.05) is 25.6 Å². The zero-order chi connectivity index (χ0) is 17.0. The second kappa shape index (κ2) is 7.00. The Labute approximate surface area is 135 Å². The second-order valence-electron chi connectivity index (χ2n) is 5.25. The number of esters is 1.